The van der Waals surface area contributed by atoms with E-state index in [1.165, 1.54) is 44.2 Å². The summed E-state index contributed by atoms with van der Waals surface area (Å²) in [6.07, 6.45) is 3.92. The Morgan fingerprint density at radius 2 is 1.07 bits per heavy atom. The zero-order valence-electron chi connectivity index (χ0n) is 26.1. The van der Waals surface area contributed by atoms with Crippen molar-refractivity contribution >= 4 is 16.6 Å². The molecule has 1 aliphatic rings. The largest absolute Gasteiger partial charge is 0.299 e. The molecule has 0 amide bonds. The third kappa shape index (κ3) is 9.47. The lowest BCUT2D eigenvalue weighted by Gasteiger charge is -2.10. The first kappa shape index (κ1) is 31.3. The Morgan fingerprint density at radius 1 is 0.600 bits per heavy atom. The van der Waals surface area contributed by atoms with Crippen molar-refractivity contribution in [1.82, 2.24) is 0 Å². The molecule has 0 radical (unpaired) electrons. The van der Waals surface area contributed by atoms with E-state index in [2.05, 4.69) is 140 Å². The van der Waals surface area contributed by atoms with Crippen LogP contribution < -0.4 is 0 Å². The lowest BCUT2D eigenvalue weighted by molar-refractivity contribution is -0.120. The van der Waals surface area contributed by atoms with Crippen LogP contribution in [0.3, 0.4) is 0 Å². The summed E-state index contributed by atoms with van der Waals surface area (Å²) >= 11 is 0. The molecule has 4 aromatic carbocycles. The zero-order chi connectivity index (χ0) is 29.2. The number of carbonyl (C=O) groups is 1. The van der Waals surface area contributed by atoms with Gasteiger partial charge in [-0.25, -0.2) is 0 Å². The number of carbonyl (C=O) groups excluding carboxylic acids is 1. The second-order valence-electron chi connectivity index (χ2n) is 12.5. The molecule has 1 nitrogen and oxygen atoms in total. The van der Waals surface area contributed by atoms with Crippen LogP contribution in [-0.4, -0.2) is 5.78 Å². The maximum Gasteiger partial charge on any atom is 0.136 e. The van der Waals surface area contributed by atoms with Gasteiger partial charge in [-0.1, -0.05) is 138 Å². The molecule has 0 N–H and O–H groups in total. The third-order valence-electron chi connectivity index (χ3n) is 7.99. The summed E-state index contributed by atoms with van der Waals surface area (Å²) in [6.45, 7) is 17.5. The van der Waals surface area contributed by atoms with E-state index in [0.29, 0.717) is 29.5 Å². The van der Waals surface area contributed by atoms with E-state index in [0.717, 1.165) is 25.7 Å². The zero-order valence-corrected chi connectivity index (χ0v) is 26.1. The van der Waals surface area contributed by atoms with Crippen LogP contribution in [0.2, 0.25) is 0 Å². The number of ketones is 1. The predicted octanol–water partition coefficient (Wildman–Crippen LogP) is 11.1. The van der Waals surface area contributed by atoms with Gasteiger partial charge in [-0.2, -0.15) is 0 Å². The van der Waals surface area contributed by atoms with Crippen molar-refractivity contribution in [3.63, 3.8) is 0 Å². The Hall–Kier alpha value is -3.19. The van der Waals surface area contributed by atoms with Gasteiger partial charge in [0.25, 0.3) is 0 Å². The molecular formula is C39H50O. The van der Waals surface area contributed by atoms with E-state index in [1.54, 1.807) is 0 Å². The third-order valence-corrected chi connectivity index (χ3v) is 7.99. The SMILES string of the molecule is CC(C)c1ccc(CC2CCCC2=O)cc1.Cc1ccc(C(C)C)cc1.Cc1ccc2cc(C(C)C)ccc2c1. The quantitative estimate of drug-likeness (QED) is 0.249. The molecule has 1 saturated carbocycles. The van der Waals surface area contributed by atoms with Crippen molar-refractivity contribution in [1.29, 1.82) is 0 Å². The van der Waals surface area contributed by atoms with Crippen LogP contribution in [0.15, 0.2) is 84.9 Å². The predicted molar refractivity (Wildman–Crippen MR) is 175 cm³/mol. The van der Waals surface area contributed by atoms with Gasteiger partial charge in [0.2, 0.25) is 0 Å². The highest BCUT2D eigenvalue weighted by molar-refractivity contribution is 5.84. The van der Waals surface area contributed by atoms with Gasteiger partial charge in [0.1, 0.15) is 5.78 Å². The molecule has 0 aromatic heterocycles. The van der Waals surface area contributed by atoms with Crippen molar-refractivity contribution in [2.24, 2.45) is 5.92 Å². The van der Waals surface area contributed by atoms with Gasteiger partial charge >= 0.3 is 0 Å². The fourth-order valence-corrected chi connectivity index (χ4v) is 5.12. The van der Waals surface area contributed by atoms with E-state index in [-0.39, 0.29) is 0 Å². The van der Waals surface area contributed by atoms with Crippen LogP contribution in [0.25, 0.3) is 10.8 Å². The number of fused-ring (bicyclic) bond motifs is 1. The highest BCUT2D eigenvalue weighted by atomic mass is 16.1. The van der Waals surface area contributed by atoms with Gasteiger partial charge in [-0.05, 0) is 83.9 Å². The number of hydrogen-bond acceptors (Lipinski definition) is 1. The molecule has 0 bridgehead atoms. The van der Waals surface area contributed by atoms with Crippen LogP contribution in [0.5, 0.6) is 0 Å². The number of aryl methyl sites for hydroxylation is 2. The number of Topliss-reactive ketones (excluding diaryl/α,β-unsaturated/α-hetero) is 1. The van der Waals surface area contributed by atoms with Gasteiger partial charge in [0.15, 0.2) is 0 Å². The molecule has 0 heterocycles. The number of rotatable bonds is 5. The van der Waals surface area contributed by atoms with Crippen molar-refractivity contribution < 1.29 is 4.79 Å². The molecule has 1 atom stereocenters. The average Bonchev–Trinajstić information content (AvgIpc) is 3.33. The molecule has 1 heteroatoms. The Kier molecular flexibility index (Phi) is 11.7. The normalized spacial score (nSPS) is 14.8. The van der Waals surface area contributed by atoms with Crippen molar-refractivity contribution in [3.05, 3.63) is 118 Å². The van der Waals surface area contributed by atoms with Crippen LogP contribution in [0, 0.1) is 19.8 Å². The van der Waals surface area contributed by atoms with Crippen molar-refractivity contribution in [2.45, 2.75) is 98.8 Å². The second kappa shape index (κ2) is 15.0. The second-order valence-corrected chi connectivity index (χ2v) is 12.5. The van der Waals surface area contributed by atoms with Gasteiger partial charge in [-0.3, -0.25) is 4.79 Å². The van der Waals surface area contributed by atoms with E-state index in [9.17, 15) is 4.79 Å². The van der Waals surface area contributed by atoms with Crippen LogP contribution in [0.1, 0.15) is 112 Å². The Labute approximate surface area is 244 Å². The first-order valence-corrected chi connectivity index (χ1v) is 15.2. The van der Waals surface area contributed by atoms with Gasteiger partial charge in [-0.15, -0.1) is 0 Å². The Morgan fingerprint density at radius 3 is 1.60 bits per heavy atom. The van der Waals surface area contributed by atoms with E-state index >= 15 is 0 Å². The van der Waals surface area contributed by atoms with E-state index in [1.807, 2.05) is 0 Å². The van der Waals surface area contributed by atoms with Gasteiger partial charge < -0.3 is 0 Å². The smallest absolute Gasteiger partial charge is 0.136 e. The maximum absolute atomic E-state index is 11.6. The van der Waals surface area contributed by atoms with Crippen LogP contribution in [0.4, 0.5) is 0 Å². The maximum atomic E-state index is 11.6. The summed E-state index contributed by atoms with van der Waals surface area (Å²) in [5.74, 6) is 2.61. The van der Waals surface area contributed by atoms with Gasteiger partial charge in [0, 0.05) is 12.3 Å². The molecule has 212 valence electrons. The van der Waals surface area contributed by atoms with Crippen molar-refractivity contribution in [3.8, 4) is 0 Å². The molecule has 4 aromatic rings. The molecule has 5 rings (SSSR count). The van der Waals surface area contributed by atoms with E-state index in [4.69, 9.17) is 0 Å². The Balaban J connectivity index is 0.000000170. The highest BCUT2D eigenvalue weighted by Crippen LogP contribution is 2.26. The molecule has 0 aliphatic heterocycles. The summed E-state index contributed by atoms with van der Waals surface area (Å²) in [6, 6.07) is 30.8. The van der Waals surface area contributed by atoms with Gasteiger partial charge in [0.05, 0.1) is 0 Å². The standard InChI is InChI=1S/C15H20O.C14H16.C10H14/c1-11(2)13-8-6-12(7-9-13)10-14-4-3-5-15(14)16;1-10(2)12-6-7-13-8-11(3)4-5-14(13)9-12;1-8(2)10-6-4-9(3)5-7-10/h6-9,11,14H,3-5,10H2,1-2H3;4-10H,1-3H3;4-8H,1-3H3. The lowest BCUT2D eigenvalue weighted by Crippen LogP contribution is -2.09. The Bertz CT molecular complexity index is 1340. The molecule has 1 unspecified atom stereocenters. The molecule has 0 saturated heterocycles. The molecule has 40 heavy (non-hydrogen) atoms. The van der Waals surface area contributed by atoms with E-state index < -0.39 is 0 Å². The monoisotopic (exact) mass is 534 g/mol. The van der Waals surface area contributed by atoms with Crippen LogP contribution >= 0.6 is 0 Å². The molecule has 0 spiro atoms. The minimum absolute atomic E-state index is 0.296. The summed E-state index contributed by atoms with van der Waals surface area (Å²) in [5, 5.41) is 2.69. The number of benzene rings is 4. The minimum Gasteiger partial charge on any atom is -0.299 e. The molecule has 1 aliphatic carbocycles. The first-order chi connectivity index (χ1) is 19.0. The first-order valence-electron chi connectivity index (χ1n) is 15.2. The minimum atomic E-state index is 0.296. The topological polar surface area (TPSA) is 17.1 Å². The molecule has 1 fully saturated rings. The lowest BCUT2D eigenvalue weighted by atomic mass is 9.95. The fourth-order valence-electron chi connectivity index (χ4n) is 5.12. The number of hydrogen-bond donors (Lipinski definition) is 0. The summed E-state index contributed by atoms with van der Waals surface area (Å²) in [4.78, 5) is 11.6. The average molecular weight is 535 g/mol. The summed E-state index contributed by atoms with van der Waals surface area (Å²) in [7, 11) is 0. The highest BCUT2D eigenvalue weighted by Gasteiger charge is 2.24. The summed E-state index contributed by atoms with van der Waals surface area (Å²) in [5.41, 5.74) is 8.19. The summed E-state index contributed by atoms with van der Waals surface area (Å²) < 4.78 is 0. The fraction of sp³-hybridized carbons (Fsp3) is 0.410. The van der Waals surface area contributed by atoms with Crippen molar-refractivity contribution in [2.75, 3.05) is 0 Å². The van der Waals surface area contributed by atoms with Crippen LogP contribution in [-0.2, 0) is 11.2 Å². The molecular weight excluding hydrogens is 484 g/mol.